The van der Waals surface area contributed by atoms with E-state index in [0.29, 0.717) is 0 Å². The number of imidazole rings is 3. The predicted octanol–water partition coefficient (Wildman–Crippen LogP) is 8.15. The largest absolute Gasteiger partial charge is 0.466 e. The lowest BCUT2D eigenvalue weighted by Crippen LogP contribution is -2.02. The van der Waals surface area contributed by atoms with Crippen LogP contribution in [0, 0.1) is 0 Å². The molecule has 0 aromatic carbocycles. The average Bonchev–Trinajstić information content (AvgIpc) is 3.75. The van der Waals surface area contributed by atoms with Crippen LogP contribution in [0.4, 0.5) is 0 Å². The zero-order valence-corrected chi connectivity index (χ0v) is 29.5. The van der Waals surface area contributed by atoms with Crippen molar-refractivity contribution in [2.75, 3.05) is 0 Å². The van der Waals surface area contributed by atoms with Crippen LogP contribution in [-0.4, -0.2) is 43.3 Å². The molecule has 0 spiro atoms. The molecule has 44 heavy (non-hydrogen) atoms. The minimum absolute atomic E-state index is 1.13. The number of hydrogen-bond donors (Lipinski definition) is 3. The summed E-state index contributed by atoms with van der Waals surface area (Å²) in [4.78, 5) is 34.7. The summed E-state index contributed by atoms with van der Waals surface area (Å²) in [7, 11) is -4.64. The molecule has 0 saturated heterocycles. The van der Waals surface area contributed by atoms with Gasteiger partial charge in [-0.1, -0.05) is 80.1 Å². The first kappa shape index (κ1) is 41.7. The maximum atomic E-state index is 8.88. The van der Waals surface area contributed by atoms with Crippen LogP contribution in [0.25, 0.3) is 0 Å². The Hall–Kier alpha value is -2.26. The molecule has 0 aliphatic carbocycles. The summed E-state index contributed by atoms with van der Waals surface area (Å²) >= 11 is 0. The van der Waals surface area contributed by atoms with E-state index in [-0.39, 0.29) is 0 Å². The molecule has 11 heteroatoms. The van der Waals surface area contributed by atoms with Crippen LogP contribution in [0.3, 0.4) is 0 Å². The summed E-state index contributed by atoms with van der Waals surface area (Å²) in [5.41, 5.74) is 0. The van der Waals surface area contributed by atoms with Crippen molar-refractivity contribution in [2.24, 2.45) is 0 Å². The van der Waals surface area contributed by atoms with Gasteiger partial charge in [0.15, 0.2) is 0 Å². The summed E-state index contributed by atoms with van der Waals surface area (Å²) in [6.07, 6.45) is 30.5. The molecule has 3 aromatic heterocycles. The summed E-state index contributed by atoms with van der Waals surface area (Å²) in [5, 5.41) is 0. The molecule has 3 aromatic rings. The van der Waals surface area contributed by atoms with Crippen LogP contribution in [0.15, 0.2) is 37.2 Å². The van der Waals surface area contributed by atoms with Crippen molar-refractivity contribution in [3.63, 3.8) is 0 Å². The minimum Gasteiger partial charge on any atom is -0.335 e. The highest BCUT2D eigenvalue weighted by molar-refractivity contribution is 7.45. The van der Waals surface area contributed by atoms with Crippen LogP contribution in [0.2, 0.25) is 0 Å². The van der Waals surface area contributed by atoms with Gasteiger partial charge in [0.25, 0.3) is 0 Å². The quantitative estimate of drug-likeness (QED) is 0.120. The molecule has 0 saturated carbocycles. The third kappa shape index (κ3) is 22.3. The predicted molar refractivity (Wildman–Crippen MR) is 182 cm³/mol. The third-order valence-corrected chi connectivity index (χ3v) is 6.92. The fourth-order valence-corrected chi connectivity index (χ4v) is 4.31. The van der Waals surface area contributed by atoms with Gasteiger partial charge in [-0.3, -0.25) is 0 Å². The van der Waals surface area contributed by atoms with Gasteiger partial charge in [-0.25, -0.2) is 19.5 Å². The van der Waals surface area contributed by atoms with Crippen LogP contribution >= 0.6 is 7.82 Å². The lowest BCUT2D eigenvalue weighted by molar-refractivity contribution is 0.275. The molecular weight excluding hydrogens is 575 g/mol. The Kier molecular flexibility index (Phi) is 25.7. The summed E-state index contributed by atoms with van der Waals surface area (Å²) in [6.45, 7) is 16.7. The highest BCUT2D eigenvalue weighted by atomic mass is 31.2. The van der Waals surface area contributed by atoms with Crippen molar-refractivity contribution in [1.29, 1.82) is 0 Å². The highest BCUT2D eigenvalue weighted by Crippen LogP contribution is 2.25. The van der Waals surface area contributed by atoms with Crippen molar-refractivity contribution < 1.29 is 19.2 Å². The number of nitrogens with zero attached hydrogens (tertiary/aromatic N) is 6. The minimum atomic E-state index is -4.64. The van der Waals surface area contributed by atoms with E-state index in [0.717, 1.165) is 38.9 Å². The monoisotopic (exact) mass is 638 g/mol. The number of aryl methyl sites for hydroxylation is 6. The van der Waals surface area contributed by atoms with Crippen LogP contribution < -0.4 is 0 Å². The second-order valence-corrected chi connectivity index (χ2v) is 12.0. The fourth-order valence-electron chi connectivity index (χ4n) is 4.31. The summed E-state index contributed by atoms with van der Waals surface area (Å²) < 4.78 is 15.8. The first-order valence-corrected chi connectivity index (χ1v) is 18.5. The normalized spacial score (nSPS) is 10.8. The topological polar surface area (TPSA) is 131 Å². The fraction of sp³-hybridized carbons (Fsp3) is 0.727. The Labute approximate surface area is 267 Å². The Bertz CT molecular complexity index is 896. The van der Waals surface area contributed by atoms with Gasteiger partial charge >= 0.3 is 7.82 Å². The number of hydrogen-bond acceptors (Lipinski definition) is 4. The zero-order chi connectivity index (χ0) is 33.1. The molecule has 0 aliphatic heterocycles. The van der Waals surface area contributed by atoms with E-state index in [1.165, 1.54) is 94.5 Å². The number of phosphoric acid groups is 1. The van der Waals surface area contributed by atoms with E-state index in [2.05, 4.69) is 88.8 Å². The summed E-state index contributed by atoms with van der Waals surface area (Å²) in [5.74, 6) is 3.78. The average molecular weight is 639 g/mol. The van der Waals surface area contributed by atoms with E-state index < -0.39 is 7.82 Å². The molecule has 0 bridgehead atoms. The highest BCUT2D eigenvalue weighted by Gasteiger charge is 2.03. The SMILES string of the molecule is CCCCc1nccn1CCCC.CCCCc1nccn1CCCC.CCCCc1nccn1CCCC.O=P(O)(O)O. The number of rotatable bonds is 18. The van der Waals surface area contributed by atoms with Gasteiger partial charge in [0.1, 0.15) is 17.5 Å². The Morgan fingerprint density at radius 1 is 0.500 bits per heavy atom. The third-order valence-electron chi connectivity index (χ3n) is 6.92. The van der Waals surface area contributed by atoms with E-state index in [1.807, 2.05) is 18.6 Å². The van der Waals surface area contributed by atoms with E-state index in [9.17, 15) is 0 Å². The van der Waals surface area contributed by atoms with Crippen LogP contribution in [0.5, 0.6) is 0 Å². The lowest BCUT2D eigenvalue weighted by atomic mass is 10.2. The maximum Gasteiger partial charge on any atom is 0.466 e. The number of aromatic nitrogens is 6. The van der Waals surface area contributed by atoms with Gasteiger partial charge < -0.3 is 28.4 Å². The first-order chi connectivity index (χ1) is 21.1. The van der Waals surface area contributed by atoms with Crippen LogP contribution in [-0.2, 0) is 43.5 Å². The molecular formula is C33H63N6O4P. The van der Waals surface area contributed by atoms with Gasteiger partial charge in [0.05, 0.1) is 0 Å². The van der Waals surface area contributed by atoms with Crippen LogP contribution in [0.1, 0.15) is 136 Å². The number of unbranched alkanes of at least 4 members (excludes halogenated alkanes) is 6. The molecule has 10 nitrogen and oxygen atoms in total. The summed E-state index contributed by atoms with van der Waals surface area (Å²) in [6, 6.07) is 0. The molecule has 3 rings (SSSR count). The van der Waals surface area contributed by atoms with E-state index in [1.54, 1.807) is 0 Å². The van der Waals surface area contributed by atoms with Gasteiger partial charge in [-0.15, -0.1) is 0 Å². The molecule has 0 atom stereocenters. The molecule has 0 unspecified atom stereocenters. The second kappa shape index (κ2) is 27.1. The Balaban J connectivity index is 0.000000585. The standard InChI is InChI=1S/3C11H20N2.H3O4P/c3*1-3-5-7-11-12-8-10-13(11)9-6-4-2;1-5(2,3)4/h3*8,10H,3-7,9H2,1-2H3;(H3,1,2,3,4). The molecule has 0 amide bonds. The maximum absolute atomic E-state index is 8.88. The molecule has 0 radical (unpaired) electrons. The first-order valence-electron chi connectivity index (χ1n) is 16.9. The van der Waals surface area contributed by atoms with Crippen molar-refractivity contribution in [1.82, 2.24) is 28.7 Å². The van der Waals surface area contributed by atoms with Gasteiger partial charge in [-0.05, 0) is 38.5 Å². The van der Waals surface area contributed by atoms with Crippen molar-refractivity contribution in [3.8, 4) is 0 Å². The van der Waals surface area contributed by atoms with Gasteiger partial charge in [-0.2, -0.15) is 0 Å². The molecule has 3 heterocycles. The smallest absolute Gasteiger partial charge is 0.335 e. The van der Waals surface area contributed by atoms with Crippen molar-refractivity contribution in [3.05, 3.63) is 54.7 Å². The Morgan fingerprint density at radius 2 is 0.727 bits per heavy atom. The van der Waals surface area contributed by atoms with E-state index in [4.69, 9.17) is 19.2 Å². The molecule has 0 aliphatic rings. The van der Waals surface area contributed by atoms with Gasteiger partial charge in [0.2, 0.25) is 0 Å². The van der Waals surface area contributed by atoms with Crippen molar-refractivity contribution >= 4 is 7.82 Å². The molecule has 0 fully saturated rings. The Morgan fingerprint density at radius 3 is 0.932 bits per heavy atom. The molecule has 3 N–H and O–H groups in total. The second-order valence-electron chi connectivity index (χ2n) is 11.0. The molecule has 254 valence electrons. The van der Waals surface area contributed by atoms with Crippen molar-refractivity contribution in [2.45, 2.75) is 157 Å². The van der Waals surface area contributed by atoms with Gasteiger partial charge in [0, 0.05) is 76.1 Å². The zero-order valence-electron chi connectivity index (χ0n) is 28.6. The lowest BCUT2D eigenvalue weighted by Gasteiger charge is -2.05. The van der Waals surface area contributed by atoms with E-state index >= 15 is 0 Å².